The number of alkyl halides is 3. The number of carbonyl (C=O) groups excluding carboxylic acids is 1. The molecule has 0 radical (unpaired) electrons. The average Bonchev–Trinajstić information content (AvgIpc) is 2.88. The molecule has 0 saturated heterocycles. The summed E-state index contributed by atoms with van der Waals surface area (Å²) >= 11 is 5.74. The molecule has 0 aliphatic rings. The molecular formula is C16H17ClF3N3O3. The molecule has 2 rings (SSSR count). The minimum atomic E-state index is -4.75. The van der Waals surface area contributed by atoms with Crippen LogP contribution in [0.4, 0.5) is 13.2 Å². The number of methoxy groups -OCH3 is 2. The van der Waals surface area contributed by atoms with E-state index < -0.39 is 28.8 Å². The van der Waals surface area contributed by atoms with Crippen LogP contribution in [0.2, 0.25) is 5.02 Å². The quantitative estimate of drug-likeness (QED) is 0.845. The van der Waals surface area contributed by atoms with Gasteiger partial charge < -0.3 is 14.8 Å². The van der Waals surface area contributed by atoms with Crippen molar-refractivity contribution in [2.45, 2.75) is 19.1 Å². The molecule has 0 fully saturated rings. The Morgan fingerprint density at radius 1 is 1.31 bits per heavy atom. The normalized spacial score (nSPS) is 12.6. The molecule has 6 nitrogen and oxygen atoms in total. The summed E-state index contributed by atoms with van der Waals surface area (Å²) in [6.45, 7) is 1.66. The smallest absolute Gasteiger partial charge is 0.436 e. The van der Waals surface area contributed by atoms with Gasteiger partial charge in [0, 0.05) is 12.6 Å². The Labute approximate surface area is 152 Å². The Bertz CT molecular complexity index is 821. The van der Waals surface area contributed by atoms with Crippen molar-refractivity contribution in [3.05, 3.63) is 40.2 Å². The van der Waals surface area contributed by atoms with Crippen LogP contribution < -0.4 is 14.8 Å². The lowest BCUT2D eigenvalue weighted by atomic mass is 10.1. The molecule has 0 aliphatic heterocycles. The SMILES string of the molecule is COc1ccc(OC)c(C(C)NC(=O)c2c(Cl)c(C(F)(F)F)nn2C)c1. The van der Waals surface area contributed by atoms with E-state index in [9.17, 15) is 18.0 Å². The van der Waals surface area contributed by atoms with Gasteiger partial charge in [0.25, 0.3) is 5.91 Å². The van der Waals surface area contributed by atoms with Crippen LogP contribution in [0.1, 0.15) is 34.7 Å². The van der Waals surface area contributed by atoms with Crippen LogP contribution in [0.3, 0.4) is 0 Å². The minimum absolute atomic E-state index is 0.382. The zero-order chi connectivity index (χ0) is 19.6. The Morgan fingerprint density at radius 2 is 1.96 bits per heavy atom. The highest BCUT2D eigenvalue weighted by Crippen LogP contribution is 2.36. The number of halogens is 4. The lowest BCUT2D eigenvalue weighted by Gasteiger charge is -2.18. The van der Waals surface area contributed by atoms with Gasteiger partial charge in [-0.25, -0.2) is 0 Å². The van der Waals surface area contributed by atoms with Gasteiger partial charge in [0.1, 0.15) is 22.2 Å². The summed E-state index contributed by atoms with van der Waals surface area (Å²) in [4.78, 5) is 12.5. The molecule has 1 unspecified atom stereocenters. The van der Waals surface area contributed by atoms with Crippen LogP contribution >= 0.6 is 11.6 Å². The summed E-state index contributed by atoms with van der Waals surface area (Å²) in [6, 6.07) is 4.42. The summed E-state index contributed by atoms with van der Waals surface area (Å²) in [6.07, 6.45) is -4.75. The molecule has 0 spiro atoms. The van der Waals surface area contributed by atoms with E-state index in [0.717, 1.165) is 4.68 Å². The van der Waals surface area contributed by atoms with Gasteiger partial charge in [-0.2, -0.15) is 18.3 Å². The number of benzene rings is 1. The van der Waals surface area contributed by atoms with Crippen LogP contribution in [0.5, 0.6) is 11.5 Å². The first-order chi connectivity index (χ1) is 12.1. The summed E-state index contributed by atoms with van der Waals surface area (Å²) in [5, 5.41) is 5.15. The monoisotopic (exact) mass is 391 g/mol. The molecular weight excluding hydrogens is 375 g/mol. The molecule has 1 amide bonds. The molecule has 1 N–H and O–H groups in total. The van der Waals surface area contributed by atoms with Gasteiger partial charge in [-0.1, -0.05) is 11.6 Å². The third-order valence-electron chi connectivity index (χ3n) is 3.72. The van der Waals surface area contributed by atoms with Gasteiger partial charge >= 0.3 is 6.18 Å². The molecule has 1 heterocycles. The van der Waals surface area contributed by atoms with Crippen molar-refractivity contribution in [3.8, 4) is 11.5 Å². The minimum Gasteiger partial charge on any atom is -0.497 e. The molecule has 0 bridgehead atoms. The number of amides is 1. The van der Waals surface area contributed by atoms with Gasteiger partial charge in [-0.05, 0) is 25.1 Å². The number of nitrogens with zero attached hydrogens (tertiary/aromatic N) is 2. The van der Waals surface area contributed by atoms with Crippen molar-refractivity contribution >= 4 is 17.5 Å². The molecule has 2 aromatic rings. The zero-order valence-corrected chi connectivity index (χ0v) is 15.2. The van der Waals surface area contributed by atoms with Gasteiger partial charge in [0.2, 0.25) is 0 Å². The summed E-state index contributed by atoms with van der Waals surface area (Å²) in [5.74, 6) is 0.239. The van der Waals surface area contributed by atoms with Crippen molar-refractivity contribution in [3.63, 3.8) is 0 Å². The van der Waals surface area contributed by atoms with Gasteiger partial charge in [0.15, 0.2) is 5.69 Å². The van der Waals surface area contributed by atoms with E-state index in [2.05, 4.69) is 10.4 Å². The number of hydrogen-bond donors (Lipinski definition) is 1. The Balaban J connectivity index is 2.32. The Hall–Kier alpha value is -2.42. The van der Waals surface area contributed by atoms with Crippen LogP contribution in [0.15, 0.2) is 18.2 Å². The maximum atomic E-state index is 12.9. The van der Waals surface area contributed by atoms with E-state index in [-0.39, 0.29) is 5.69 Å². The highest BCUT2D eigenvalue weighted by Gasteiger charge is 2.39. The topological polar surface area (TPSA) is 65.4 Å². The molecule has 10 heteroatoms. The summed E-state index contributed by atoms with van der Waals surface area (Å²) < 4.78 is 49.9. The molecule has 1 atom stereocenters. The number of aromatic nitrogens is 2. The van der Waals surface area contributed by atoms with Crippen LogP contribution in [0, 0.1) is 0 Å². The van der Waals surface area contributed by atoms with E-state index in [1.165, 1.54) is 21.3 Å². The Kier molecular flexibility index (Phi) is 5.70. The average molecular weight is 392 g/mol. The number of hydrogen-bond acceptors (Lipinski definition) is 4. The fraction of sp³-hybridized carbons (Fsp3) is 0.375. The predicted molar refractivity (Wildman–Crippen MR) is 88.6 cm³/mol. The van der Waals surface area contributed by atoms with Gasteiger partial charge in [-0.15, -0.1) is 0 Å². The Morgan fingerprint density at radius 3 is 2.46 bits per heavy atom. The van der Waals surface area contributed by atoms with E-state index in [0.29, 0.717) is 17.1 Å². The number of ether oxygens (including phenoxy) is 2. The van der Waals surface area contributed by atoms with Crippen molar-refractivity contribution < 1.29 is 27.4 Å². The van der Waals surface area contributed by atoms with Gasteiger partial charge in [-0.3, -0.25) is 9.48 Å². The second kappa shape index (κ2) is 7.45. The van der Waals surface area contributed by atoms with Crippen LogP contribution in [-0.2, 0) is 13.2 Å². The van der Waals surface area contributed by atoms with Crippen LogP contribution in [-0.4, -0.2) is 29.9 Å². The lowest BCUT2D eigenvalue weighted by Crippen LogP contribution is -2.29. The third kappa shape index (κ3) is 3.87. The second-order valence-corrected chi connectivity index (χ2v) is 5.81. The van der Waals surface area contributed by atoms with E-state index >= 15 is 0 Å². The van der Waals surface area contributed by atoms with E-state index in [4.69, 9.17) is 21.1 Å². The summed E-state index contributed by atoms with van der Waals surface area (Å²) in [5.41, 5.74) is -1.10. The fourth-order valence-corrected chi connectivity index (χ4v) is 2.80. The molecule has 1 aromatic heterocycles. The third-order valence-corrected chi connectivity index (χ3v) is 4.08. The van der Waals surface area contributed by atoms with Gasteiger partial charge in [0.05, 0.1) is 20.3 Å². The molecule has 1 aromatic carbocycles. The fourth-order valence-electron chi connectivity index (χ4n) is 2.45. The largest absolute Gasteiger partial charge is 0.497 e. The maximum Gasteiger partial charge on any atom is 0.436 e. The molecule has 26 heavy (non-hydrogen) atoms. The molecule has 0 saturated carbocycles. The number of nitrogens with one attached hydrogen (secondary N) is 1. The molecule has 142 valence electrons. The zero-order valence-electron chi connectivity index (χ0n) is 14.4. The van der Waals surface area contributed by atoms with E-state index in [1.54, 1.807) is 25.1 Å². The van der Waals surface area contributed by atoms with Crippen molar-refractivity contribution in [2.24, 2.45) is 7.05 Å². The molecule has 0 aliphatic carbocycles. The van der Waals surface area contributed by atoms with Crippen molar-refractivity contribution in [1.29, 1.82) is 0 Å². The summed E-state index contributed by atoms with van der Waals surface area (Å²) in [7, 11) is 4.17. The first kappa shape index (κ1) is 19.9. The lowest BCUT2D eigenvalue weighted by molar-refractivity contribution is -0.141. The number of rotatable bonds is 5. The second-order valence-electron chi connectivity index (χ2n) is 5.44. The highest BCUT2D eigenvalue weighted by molar-refractivity contribution is 6.34. The standard InChI is InChI=1S/C16H17ClF3N3O3/c1-8(10-7-9(25-3)5-6-11(10)26-4)21-15(24)13-12(17)14(16(18,19)20)22-23(13)2/h5-8H,1-4H3,(H,21,24). The highest BCUT2D eigenvalue weighted by atomic mass is 35.5. The van der Waals surface area contributed by atoms with Crippen LogP contribution in [0.25, 0.3) is 0 Å². The first-order valence-corrected chi connectivity index (χ1v) is 7.80. The predicted octanol–water partition coefficient (Wildman–Crippen LogP) is 3.60. The van der Waals surface area contributed by atoms with E-state index in [1.807, 2.05) is 0 Å². The van der Waals surface area contributed by atoms with Crippen molar-refractivity contribution in [1.82, 2.24) is 15.1 Å². The number of aryl methyl sites for hydroxylation is 1. The first-order valence-electron chi connectivity index (χ1n) is 7.42. The number of carbonyl (C=O) groups is 1. The maximum absolute atomic E-state index is 12.9. The van der Waals surface area contributed by atoms with Crippen molar-refractivity contribution in [2.75, 3.05) is 14.2 Å².